The predicted molar refractivity (Wildman–Crippen MR) is 210 cm³/mol. The molecule has 0 rings (SSSR count). The molecule has 1 N–H and O–H groups in total. The van der Waals surface area contributed by atoms with Gasteiger partial charge in [0.05, 0.1) is 19.6 Å². The Morgan fingerprint density at radius 1 is 0.420 bits per heavy atom. The Bertz CT molecular complexity index is 845. The van der Waals surface area contributed by atoms with E-state index < -0.39 is 33.7 Å². The average Bonchev–Trinajstić information content (AvgIpc) is 3.09. The molecule has 50 heavy (non-hydrogen) atoms. The smallest absolute Gasteiger partial charge is 0.327 e. The molecule has 7 nitrogen and oxygen atoms in total. The second-order valence-electron chi connectivity index (χ2n) is 14.9. The molecule has 1 atom stereocenters. The Labute approximate surface area is 310 Å². The molecule has 8 heteroatoms. The van der Waals surface area contributed by atoms with Crippen molar-refractivity contribution in [2.75, 3.05) is 13.2 Å². The van der Waals surface area contributed by atoms with Crippen LogP contribution in [0.4, 0.5) is 0 Å². The van der Waals surface area contributed by atoms with Gasteiger partial charge in [-0.1, -0.05) is 219 Å². The lowest BCUT2D eigenvalue weighted by Crippen LogP contribution is -2.34. The zero-order valence-corrected chi connectivity index (χ0v) is 33.9. The molecule has 0 bridgehead atoms. The summed E-state index contributed by atoms with van der Waals surface area (Å²) in [5, 5.41) is -1.93. The van der Waals surface area contributed by atoms with Gasteiger partial charge in [-0.05, 0) is 12.8 Å². The van der Waals surface area contributed by atoms with Crippen molar-refractivity contribution >= 4 is 22.1 Å². The minimum absolute atomic E-state index is 0.0811. The fourth-order valence-corrected chi connectivity index (χ4v) is 7.28. The Kier molecular flexibility index (Phi) is 36.7. The number of carbonyl (C=O) groups excluding carboxylic acids is 2. The van der Waals surface area contributed by atoms with Gasteiger partial charge in [0.2, 0.25) is 0 Å². The van der Waals surface area contributed by atoms with E-state index in [0.29, 0.717) is 12.8 Å². The molecule has 0 aliphatic heterocycles. The first-order valence-corrected chi connectivity index (χ1v) is 23.1. The van der Waals surface area contributed by atoms with Gasteiger partial charge >= 0.3 is 11.9 Å². The van der Waals surface area contributed by atoms with E-state index >= 15 is 0 Å². The molecule has 0 amide bonds. The molecular formula is C42H82O7S. The van der Waals surface area contributed by atoms with Crippen LogP contribution in [0.2, 0.25) is 0 Å². The van der Waals surface area contributed by atoms with Crippen molar-refractivity contribution in [3.63, 3.8) is 0 Å². The molecule has 0 radical (unpaired) electrons. The van der Waals surface area contributed by atoms with Gasteiger partial charge in [0.1, 0.15) is 0 Å². The molecule has 0 aliphatic rings. The third kappa shape index (κ3) is 35.3. The second-order valence-corrected chi connectivity index (χ2v) is 16.5. The highest BCUT2D eigenvalue weighted by Gasteiger charge is 2.35. The Morgan fingerprint density at radius 2 is 0.660 bits per heavy atom. The van der Waals surface area contributed by atoms with Crippen LogP contribution in [0.25, 0.3) is 0 Å². The Hall–Kier alpha value is -1.15. The van der Waals surface area contributed by atoms with Crippen molar-refractivity contribution in [3.05, 3.63) is 0 Å². The monoisotopic (exact) mass is 731 g/mol. The Balaban J connectivity index is 3.70. The summed E-state index contributed by atoms with van der Waals surface area (Å²) < 4.78 is 43.4. The lowest BCUT2D eigenvalue weighted by atomic mass is 10.0. The topological polar surface area (TPSA) is 107 Å². The summed E-state index contributed by atoms with van der Waals surface area (Å²) in [4.78, 5) is 24.6. The van der Waals surface area contributed by atoms with E-state index in [-0.39, 0.29) is 13.2 Å². The van der Waals surface area contributed by atoms with Gasteiger partial charge in [-0.25, -0.2) is 0 Å². The van der Waals surface area contributed by atoms with Gasteiger partial charge in [-0.3, -0.25) is 14.1 Å². The van der Waals surface area contributed by atoms with E-state index in [0.717, 1.165) is 32.1 Å². The summed E-state index contributed by atoms with van der Waals surface area (Å²) in [6.07, 6.45) is 41.9. The van der Waals surface area contributed by atoms with Crippen molar-refractivity contribution < 1.29 is 32.0 Å². The van der Waals surface area contributed by atoms with Crippen LogP contribution in [0, 0.1) is 0 Å². The van der Waals surface area contributed by atoms with Gasteiger partial charge in [0.15, 0.2) is 5.25 Å². The first-order chi connectivity index (χ1) is 24.3. The number of hydrogen-bond acceptors (Lipinski definition) is 6. The maximum atomic E-state index is 12.4. The highest BCUT2D eigenvalue weighted by atomic mass is 32.2. The quantitative estimate of drug-likeness (QED) is 0.0380. The minimum Gasteiger partial charge on any atom is -0.466 e. The lowest BCUT2D eigenvalue weighted by molar-refractivity contribution is -0.150. The van der Waals surface area contributed by atoms with Crippen LogP contribution >= 0.6 is 0 Å². The molecule has 0 fully saturated rings. The first-order valence-electron chi connectivity index (χ1n) is 21.6. The molecule has 0 saturated carbocycles. The van der Waals surface area contributed by atoms with E-state index in [2.05, 4.69) is 13.8 Å². The van der Waals surface area contributed by atoms with E-state index in [9.17, 15) is 22.6 Å². The van der Waals surface area contributed by atoms with Gasteiger partial charge < -0.3 is 9.47 Å². The second kappa shape index (κ2) is 37.6. The molecule has 0 heterocycles. The van der Waals surface area contributed by atoms with Crippen molar-refractivity contribution in [2.24, 2.45) is 0 Å². The molecule has 0 aliphatic carbocycles. The van der Waals surface area contributed by atoms with Gasteiger partial charge in [0, 0.05) is 0 Å². The molecular weight excluding hydrogens is 649 g/mol. The zero-order valence-electron chi connectivity index (χ0n) is 33.0. The number of ether oxygens (including phenoxy) is 2. The third-order valence-corrected chi connectivity index (χ3v) is 11.1. The van der Waals surface area contributed by atoms with E-state index in [1.165, 1.54) is 173 Å². The van der Waals surface area contributed by atoms with Crippen LogP contribution in [0.5, 0.6) is 0 Å². The molecule has 0 aromatic heterocycles. The van der Waals surface area contributed by atoms with Gasteiger partial charge in [-0.15, -0.1) is 0 Å². The van der Waals surface area contributed by atoms with E-state index in [4.69, 9.17) is 9.47 Å². The van der Waals surface area contributed by atoms with Crippen LogP contribution in [0.1, 0.15) is 239 Å². The maximum absolute atomic E-state index is 12.4. The summed E-state index contributed by atoms with van der Waals surface area (Å²) in [5.74, 6) is -1.89. The largest absolute Gasteiger partial charge is 0.466 e. The predicted octanol–water partition coefficient (Wildman–Crippen LogP) is 13.0. The summed E-state index contributed by atoms with van der Waals surface area (Å²) in [6, 6.07) is 0. The van der Waals surface area contributed by atoms with Crippen molar-refractivity contribution in [1.82, 2.24) is 0 Å². The number of hydrogen-bond donors (Lipinski definition) is 1. The van der Waals surface area contributed by atoms with Crippen molar-refractivity contribution in [1.29, 1.82) is 0 Å². The first kappa shape index (κ1) is 48.9. The number of rotatable bonds is 40. The minimum atomic E-state index is -4.77. The number of carbonyl (C=O) groups is 2. The maximum Gasteiger partial charge on any atom is 0.327 e. The van der Waals surface area contributed by atoms with Gasteiger partial charge in [-0.2, -0.15) is 8.42 Å². The summed E-state index contributed by atoms with van der Waals surface area (Å²) in [7, 11) is -4.77. The van der Waals surface area contributed by atoms with Crippen LogP contribution in [0.15, 0.2) is 0 Å². The highest BCUT2D eigenvalue weighted by molar-refractivity contribution is 7.87. The molecule has 0 saturated heterocycles. The highest BCUT2D eigenvalue weighted by Crippen LogP contribution is 2.16. The van der Waals surface area contributed by atoms with Crippen LogP contribution in [-0.4, -0.2) is 43.4 Å². The lowest BCUT2D eigenvalue weighted by Gasteiger charge is -2.13. The molecule has 0 spiro atoms. The zero-order chi connectivity index (χ0) is 36.8. The molecule has 0 aromatic carbocycles. The van der Waals surface area contributed by atoms with E-state index in [1.54, 1.807) is 0 Å². The standard InChI is InChI=1S/C42H82O7S/c1-3-5-7-9-11-13-15-17-19-21-23-25-27-29-31-33-35-37-48-41(43)39-40(50(45,46)47)42(44)49-38-36-34-32-30-28-26-24-22-20-18-16-14-12-10-8-6-4-2/h40H,3-39H2,1-2H3,(H,45,46,47). The SMILES string of the molecule is CCCCCCCCCCCCCCCCCCCOC(=O)CC(C(=O)OCCCCCCCCCCCCCCCCCCC)S(=O)(=O)O. The van der Waals surface area contributed by atoms with E-state index in [1.807, 2.05) is 0 Å². The molecule has 298 valence electrons. The average molecular weight is 731 g/mol. The van der Waals surface area contributed by atoms with Crippen LogP contribution in [0.3, 0.4) is 0 Å². The number of unbranched alkanes of at least 4 members (excludes halogenated alkanes) is 32. The van der Waals surface area contributed by atoms with Crippen LogP contribution < -0.4 is 0 Å². The normalized spacial score (nSPS) is 12.3. The van der Waals surface area contributed by atoms with Crippen molar-refractivity contribution in [2.45, 2.75) is 244 Å². The Morgan fingerprint density at radius 3 is 0.920 bits per heavy atom. The number of esters is 2. The summed E-state index contributed by atoms with van der Waals surface area (Å²) in [5.41, 5.74) is 0. The fourth-order valence-electron chi connectivity index (χ4n) is 6.63. The summed E-state index contributed by atoms with van der Waals surface area (Å²) >= 11 is 0. The fraction of sp³-hybridized carbons (Fsp3) is 0.952. The third-order valence-electron chi connectivity index (χ3n) is 9.98. The molecule has 0 aromatic rings. The molecule has 1 unspecified atom stereocenters. The summed E-state index contributed by atoms with van der Waals surface area (Å²) in [6.45, 7) is 4.79. The van der Waals surface area contributed by atoms with Crippen LogP contribution in [-0.2, 0) is 29.2 Å². The van der Waals surface area contributed by atoms with Gasteiger partial charge in [0.25, 0.3) is 10.1 Å². The van der Waals surface area contributed by atoms with Crippen molar-refractivity contribution in [3.8, 4) is 0 Å².